The van der Waals surface area contributed by atoms with Gasteiger partial charge in [0.25, 0.3) is 0 Å². The lowest BCUT2D eigenvalue weighted by atomic mass is 9.96. The molecule has 1 saturated heterocycles. The largest absolute Gasteiger partial charge is 0.371 e. The van der Waals surface area contributed by atoms with E-state index in [1.807, 2.05) is 24.3 Å². The molecule has 0 radical (unpaired) electrons. The van der Waals surface area contributed by atoms with Crippen molar-refractivity contribution < 1.29 is 9.53 Å². The molecule has 3 N–H and O–H groups in total. The van der Waals surface area contributed by atoms with Gasteiger partial charge in [-0.25, -0.2) is 4.79 Å². The smallest absolute Gasteiger partial charge is 0.319 e. The molecule has 1 unspecified atom stereocenters. The summed E-state index contributed by atoms with van der Waals surface area (Å²) in [4.78, 5) is 12.0. The van der Waals surface area contributed by atoms with Crippen LogP contribution in [0.5, 0.6) is 0 Å². The molecular formula is C17H25N3O2. The van der Waals surface area contributed by atoms with Gasteiger partial charge >= 0.3 is 6.03 Å². The van der Waals surface area contributed by atoms with E-state index in [1.54, 1.807) is 0 Å². The minimum Gasteiger partial charge on any atom is -0.371 e. The summed E-state index contributed by atoms with van der Waals surface area (Å²) in [5.74, 6) is 0. The average Bonchev–Trinajstić information content (AvgIpc) is 2.57. The third kappa shape index (κ3) is 4.21. The number of rotatable bonds is 3. The molecule has 5 heteroatoms. The van der Waals surface area contributed by atoms with Crippen LogP contribution in [0.15, 0.2) is 24.3 Å². The van der Waals surface area contributed by atoms with E-state index >= 15 is 0 Å². The number of carbonyl (C=O) groups excluding carboxylic acids is 1. The molecule has 0 aromatic heterocycles. The lowest BCUT2D eigenvalue weighted by Crippen LogP contribution is -2.39. The summed E-state index contributed by atoms with van der Waals surface area (Å²) in [5.41, 5.74) is 1.96. The third-order valence-corrected chi connectivity index (χ3v) is 4.41. The molecule has 1 aromatic rings. The summed E-state index contributed by atoms with van der Waals surface area (Å²) in [6.07, 6.45) is 6.03. The van der Waals surface area contributed by atoms with Crippen molar-refractivity contribution in [1.82, 2.24) is 10.6 Å². The predicted molar refractivity (Wildman–Crippen MR) is 87.0 cm³/mol. The van der Waals surface area contributed by atoms with E-state index in [0.29, 0.717) is 6.04 Å². The molecule has 22 heavy (non-hydrogen) atoms. The second kappa shape index (κ2) is 7.61. The molecule has 1 heterocycles. The number of nitrogens with one attached hydrogen (secondary N) is 3. The summed E-state index contributed by atoms with van der Waals surface area (Å²) in [6, 6.07) is 8.15. The molecule has 120 valence electrons. The first-order valence-electron chi connectivity index (χ1n) is 8.31. The number of hydrogen-bond donors (Lipinski definition) is 3. The quantitative estimate of drug-likeness (QED) is 0.804. The molecule has 1 aliphatic heterocycles. The maximum atomic E-state index is 12.0. The van der Waals surface area contributed by atoms with Crippen LogP contribution in [0.1, 0.15) is 43.8 Å². The van der Waals surface area contributed by atoms with Crippen molar-refractivity contribution in [3.63, 3.8) is 0 Å². The number of urea groups is 1. The molecule has 1 atom stereocenters. The van der Waals surface area contributed by atoms with Crippen molar-refractivity contribution in [3.8, 4) is 0 Å². The van der Waals surface area contributed by atoms with Crippen LogP contribution in [0.4, 0.5) is 10.5 Å². The zero-order valence-electron chi connectivity index (χ0n) is 12.9. The maximum absolute atomic E-state index is 12.0. The Morgan fingerprint density at radius 3 is 2.59 bits per heavy atom. The van der Waals surface area contributed by atoms with E-state index in [4.69, 9.17) is 4.74 Å². The van der Waals surface area contributed by atoms with Crippen molar-refractivity contribution in [2.75, 3.05) is 25.0 Å². The lowest BCUT2D eigenvalue weighted by Gasteiger charge is -2.24. The second-order valence-electron chi connectivity index (χ2n) is 6.12. The van der Waals surface area contributed by atoms with E-state index in [1.165, 1.54) is 19.3 Å². The van der Waals surface area contributed by atoms with Crippen LogP contribution < -0.4 is 16.0 Å². The van der Waals surface area contributed by atoms with Crippen molar-refractivity contribution in [3.05, 3.63) is 29.8 Å². The Morgan fingerprint density at radius 1 is 1.14 bits per heavy atom. The van der Waals surface area contributed by atoms with Gasteiger partial charge < -0.3 is 20.7 Å². The molecule has 5 nitrogen and oxygen atoms in total. The van der Waals surface area contributed by atoms with Crippen LogP contribution in [-0.4, -0.2) is 31.8 Å². The number of hydrogen-bond acceptors (Lipinski definition) is 3. The number of amides is 2. The van der Waals surface area contributed by atoms with E-state index in [-0.39, 0.29) is 12.1 Å². The molecular weight excluding hydrogens is 278 g/mol. The zero-order valence-corrected chi connectivity index (χ0v) is 12.9. The number of ether oxygens (including phenoxy) is 1. The highest BCUT2D eigenvalue weighted by atomic mass is 16.5. The van der Waals surface area contributed by atoms with Crippen LogP contribution in [0, 0.1) is 0 Å². The number of benzene rings is 1. The van der Waals surface area contributed by atoms with Gasteiger partial charge in [0.1, 0.15) is 0 Å². The fourth-order valence-electron chi connectivity index (χ4n) is 3.16. The average molecular weight is 303 g/mol. The predicted octanol–water partition coefficient (Wildman–Crippen LogP) is 2.80. The summed E-state index contributed by atoms with van der Waals surface area (Å²) >= 11 is 0. The van der Waals surface area contributed by atoms with E-state index in [9.17, 15) is 4.79 Å². The minimum absolute atomic E-state index is 0.102. The van der Waals surface area contributed by atoms with Gasteiger partial charge in [-0.15, -0.1) is 0 Å². The Bertz CT molecular complexity index is 477. The Kier molecular flexibility index (Phi) is 5.29. The Balaban J connectivity index is 1.50. The van der Waals surface area contributed by atoms with Crippen molar-refractivity contribution in [1.29, 1.82) is 0 Å². The zero-order chi connectivity index (χ0) is 15.2. The Hall–Kier alpha value is -1.59. The fraction of sp³-hybridized carbons (Fsp3) is 0.588. The highest BCUT2D eigenvalue weighted by molar-refractivity contribution is 5.89. The first kappa shape index (κ1) is 15.3. The molecule has 0 bridgehead atoms. The number of morpholine rings is 1. The van der Waals surface area contributed by atoms with Gasteiger partial charge in [0.05, 0.1) is 12.7 Å². The standard InChI is InChI=1S/C17H25N3O2/c21-17(19-14-4-2-1-3-5-14)20-15-8-6-13(7-9-15)16-12-18-10-11-22-16/h6-9,14,16,18H,1-5,10-12H2,(H2,19,20,21). The second-order valence-corrected chi connectivity index (χ2v) is 6.12. The van der Waals surface area contributed by atoms with Crippen LogP contribution in [0.25, 0.3) is 0 Å². The van der Waals surface area contributed by atoms with Crippen LogP contribution in [0.2, 0.25) is 0 Å². The first-order chi connectivity index (χ1) is 10.8. The molecule has 2 amide bonds. The maximum Gasteiger partial charge on any atom is 0.319 e. The Labute approximate surface area is 131 Å². The van der Waals surface area contributed by atoms with Crippen molar-refractivity contribution >= 4 is 11.7 Å². The normalized spacial score (nSPS) is 23.0. The van der Waals surface area contributed by atoms with E-state index in [2.05, 4.69) is 16.0 Å². The summed E-state index contributed by atoms with van der Waals surface area (Å²) < 4.78 is 5.72. The SMILES string of the molecule is O=C(Nc1ccc(C2CNCCO2)cc1)NC1CCCCC1. The molecule has 3 rings (SSSR count). The fourth-order valence-corrected chi connectivity index (χ4v) is 3.16. The van der Waals surface area contributed by atoms with Gasteiger partial charge in [-0.05, 0) is 30.5 Å². The summed E-state index contributed by atoms with van der Waals surface area (Å²) in [7, 11) is 0. The van der Waals surface area contributed by atoms with Gasteiger partial charge in [0.2, 0.25) is 0 Å². The van der Waals surface area contributed by atoms with Crippen molar-refractivity contribution in [2.45, 2.75) is 44.2 Å². The van der Waals surface area contributed by atoms with Crippen LogP contribution in [-0.2, 0) is 4.74 Å². The first-order valence-corrected chi connectivity index (χ1v) is 8.31. The van der Waals surface area contributed by atoms with Gasteiger partial charge in [0, 0.05) is 24.8 Å². The lowest BCUT2D eigenvalue weighted by molar-refractivity contribution is 0.0277. The third-order valence-electron chi connectivity index (χ3n) is 4.41. The van der Waals surface area contributed by atoms with E-state index in [0.717, 1.165) is 43.8 Å². The highest BCUT2D eigenvalue weighted by Crippen LogP contribution is 2.21. The number of anilines is 1. The molecule has 0 spiro atoms. The van der Waals surface area contributed by atoms with Crippen LogP contribution >= 0.6 is 0 Å². The monoisotopic (exact) mass is 303 g/mol. The van der Waals surface area contributed by atoms with Gasteiger partial charge in [-0.3, -0.25) is 0 Å². The van der Waals surface area contributed by atoms with Gasteiger partial charge in [-0.1, -0.05) is 31.4 Å². The minimum atomic E-state index is -0.102. The van der Waals surface area contributed by atoms with Gasteiger partial charge in [0.15, 0.2) is 0 Å². The highest BCUT2D eigenvalue weighted by Gasteiger charge is 2.17. The topological polar surface area (TPSA) is 62.4 Å². The van der Waals surface area contributed by atoms with E-state index < -0.39 is 0 Å². The molecule has 2 aliphatic rings. The van der Waals surface area contributed by atoms with Gasteiger partial charge in [-0.2, -0.15) is 0 Å². The molecule has 1 aliphatic carbocycles. The molecule has 1 aromatic carbocycles. The summed E-state index contributed by atoms with van der Waals surface area (Å²) in [5, 5.41) is 9.29. The summed E-state index contributed by atoms with van der Waals surface area (Å²) in [6.45, 7) is 2.50. The van der Waals surface area contributed by atoms with Crippen molar-refractivity contribution in [2.24, 2.45) is 0 Å². The molecule has 1 saturated carbocycles. The van der Waals surface area contributed by atoms with Crippen LogP contribution in [0.3, 0.4) is 0 Å². The number of carbonyl (C=O) groups is 1. The Morgan fingerprint density at radius 2 is 1.91 bits per heavy atom. The molecule has 2 fully saturated rings.